The Morgan fingerprint density at radius 2 is 1.72 bits per heavy atom. The Morgan fingerprint density at radius 1 is 0.966 bits per heavy atom. The normalized spacial score (nSPS) is 10.7. The quantitative estimate of drug-likeness (QED) is 0.502. The molecule has 0 saturated heterocycles. The molecule has 0 spiro atoms. The summed E-state index contributed by atoms with van der Waals surface area (Å²) in [6.45, 7) is 1.77. The fraction of sp³-hybridized carbons (Fsp3) is 0.0833. The lowest BCUT2D eigenvalue weighted by Gasteiger charge is -2.10. The summed E-state index contributed by atoms with van der Waals surface area (Å²) in [6.07, 6.45) is 0. The molecule has 144 valence electrons. The zero-order chi connectivity index (χ0) is 20.2. The first-order valence-corrected chi connectivity index (χ1v) is 9.22. The molecule has 29 heavy (non-hydrogen) atoms. The second-order valence-electron chi connectivity index (χ2n) is 6.65. The average molecular weight is 385 g/mol. The number of hydrogen-bond acceptors (Lipinski definition) is 4. The van der Waals surface area contributed by atoms with E-state index >= 15 is 0 Å². The number of para-hydroxylation sites is 1. The molecule has 1 heterocycles. The van der Waals surface area contributed by atoms with Crippen molar-refractivity contribution in [3.8, 4) is 16.9 Å². The van der Waals surface area contributed by atoms with Crippen LogP contribution in [0.15, 0.2) is 88.1 Å². The monoisotopic (exact) mass is 385 g/mol. The van der Waals surface area contributed by atoms with E-state index in [1.54, 1.807) is 12.1 Å². The minimum atomic E-state index is -0.439. The maximum atomic E-state index is 12.2. The fourth-order valence-electron chi connectivity index (χ4n) is 3.14. The molecule has 4 rings (SSSR count). The van der Waals surface area contributed by atoms with Crippen molar-refractivity contribution in [2.75, 3.05) is 11.9 Å². The summed E-state index contributed by atoms with van der Waals surface area (Å²) >= 11 is 0. The number of amides is 1. The summed E-state index contributed by atoms with van der Waals surface area (Å²) in [5, 5.41) is 3.62. The number of aryl methyl sites for hydroxylation is 1. The van der Waals surface area contributed by atoms with Crippen LogP contribution >= 0.6 is 0 Å². The molecule has 0 aliphatic carbocycles. The third-order valence-electron chi connectivity index (χ3n) is 4.59. The largest absolute Gasteiger partial charge is 0.484 e. The van der Waals surface area contributed by atoms with Gasteiger partial charge in [0, 0.05) is 23.2 Å². The predicted molar refractivity (Wildman–Crippen MR) is 113 cm³/mol. The number of anilines is 1. The topological polar surface area (TPSA) is 68.5 Å². The number of carbonyl (C=O) groups excluding carboxylic acids is 1. The molecule has 0 fully saturated rings. The van der Waals surface area contributed by atoms with Gasteiger partial charge in [-0.1, -0.05) is 48.5 Å². The summed E-state index contributed by atoms with van der Waals surface area (Å²) in [4.78, 5) is 24.2. The second kappa shape index (κ2) is 8.02. The van der Waals surface area contributed by atoms with Crippen molar-refractivity contribution >= 4 is 22.6 Å². The molecular weight excluding hydrogens is 366 g/mol. The minimum absolute atomic E-state index is 0.150. The smallest absolute Gasteiger partial charge is 0.336 e. The first kappa shape index (κ1) is 18.5. The van der Waals surface area contributed by atoms with Gasteiger partial charge in [0.05, 0.1) is 0 Å². The van der Waals surface area contributed by atoms with Crippen LogP contribution in [-0.2, 0) is 4.79 Å². The highest BCUT2D eigenvalue weighted by Gasteiger charge is 2.10. The van der Waals surface area contributed by atoms with E-state index in [2.05, 4.69) is 5.32 Å². The summed E-state index contributed by atoms with van der Waals surface area (Å²) in [5.74, 6) is 0.185. The van der Waals surface area contributed by atoms with Crippen molar-refractivity contribution in [3.63, 3.8) is 0 Å². The van der Waals surface area contributed by atoms with Crippen molar-refractivity contribution in [2.45, 2.75) is 6.92 Å². The molecular formula is C24H19NO4. The number of rotatable bonds is 5. The van der Waals surface area contributed by atoms with Gasteiger partial charge in [-0.15, -0.1) is 0 Å². The molecule has 0 bridgehead atoms. The van der Waals surface area contributed by atoms with Crippen LogP contribution in [0.5, 0.6) is 5.75 Å². The number of benzene rings is 3. The van der Waals surface area contributed by atoms with Gasteiger partial charge in [-0.2, -0.15) is 0 Å². The molecule has 3 aromatic carbocycles. The van der Waals surface area contributed by atoms with E-state index in [-0.39, 0.29) is 12.5 Å². The van der Waals surface area contributed by atoms with Gasteiger partial charge in [-0.25, -0.2) is 4.79 Å². The van der Waals surface area contributed by atoms with Gasteiger partial charge in [-0.05, 0) is 41.8 Å². The van der Waals surface area contributed by atoms with Crippen LogP contribution in [0.2, 0.25) is 0 Å². The van der Waals surface area contributed by atoms with E-state index < -0.39 is 5.63 Å². The third kappa shape index (κ3) is 4.19. The van der Waals surface area contributed by atoms with Crippen molar-refractivity contribution in [3.05, 3.63) is 94.8 Å². The van der Waals surface area contributed by atoms with Gasteiger partial charge in [0.2, 0.25) is 0 Å². The number of ether oxygens (including phenoxy) is 1. The number of hydrogen-bond donors (Lipinski definition) is 1. The zero-order valence-electron chi connectivity index (χ0n) is 15.8. The minimum Gasteiger partial charge on any atom is -0.484 e. The highest BCUT2D eigenvalue weighted by Crippen LogP contribution is 2.29. The highest BCUT2D eigenvalue weighted by molar-refractivity contribution is 5.94. The summed E-state index contributed by atoms with van der Waals surface area (Å²) in [7, 11) is 0. The van der Waals surface area contributed by atoms with Crippen molar-refractivity contribution < 1.29 is 13.9 Å². The van der Waals surface area contributed by atoms with Crippen molar-refractivity contribution in [1.82, 2.24) is 0 Å². The van der Waals surface area contributed by atoms with Gasteiger partial charge >= 0.3 is 5.63 Å². The van der Waals surface area contributed by atoms with Gasteiger partial charge in [-0.3, -0.25) is 4.79 Å². The van der Waals surface area contributed by atoms with E-state index in [1.165, 1.54) is 6.07 Å². The van der Waals surface area contributed by atoms with Gasteiger partial charge < -0.3 is 14.5 Å². The maximum absolute atomic E-state index is 12.2. The lowest BCUT2D eigenvalue weighted by atomic mass is 10.0. The highest BCUT2D eigenvalue weighted by atomic mass is 16.5. The molecule has 1 aromatic heterocycles. The van der Waals surface area contributed by atoms with Crippen LogP contribution in [-0.4, -0.2) is 12.5 Å². The molecule has 5 heteroatoms. The number of nitrogens with one attached hydrogen (secondary N) is 1. The molecule has 0 saturated carbocycles. The number of fused-ring (bicyclic) bond motifs is 1. The average Bonchev–Trinajstić information content (AvgIpc) is 2.73. The summed E-state index contributed by atoms with van der Waals surface area (Å²) < 4.78 is 10.9. The molecule has 0 aliphatic rings. The predicted octanol–water partition coefficient (Wildman–Crippen LogP) is 4.79. The SMILES string of the molecule is Cc1ccccc1NC(=O)COc1ccc2c(-c3ccccc3)cc(=O)oc2c1. The maximum Gasteiger partial charge on any atom is 0.336 e. The second-order valence-corrected chi connectivity index (χ2v) is 6.65. The Bertz CT molecular complexity index is 1230. The molecule has 1 amide bonds. The third-order valence-corrected chi connectivity index (χ3v) is 4.59. The van der Waals surface area contributed by atoms with E-state index in [1.807, 2.05) is 67.6 Å². The van der Waals surface area contributed by atoms with Gasteiger partial charge in [0.25, 0.3) is 5.91 Å². The zero-order valence-corrected chi connectivity index (χ0v) is 15.8. The Balaban J connectivity index is 1.54. The fourth-order valence-corrected chi connectivity index (χ4v) is 3.14. The Morgan fingerprint density at radius 3 is 2.52 bits per heavy atom. The van der Waals surface area contributed by atoms with E-state index in [0.29, 0.717) is 11.3 Å². The Labute approximate surface area is 167 Å². The molecule has 0 radical (unpaired) electrons. The lowest BCUT2D eigenvalue weighted by molar-refractivity contribution is -0.118. The first-order chi connectivity index (χ1) is 14.1. The molecule has 4 aromatic rings. The standard InChI is InChI=1S/C24H19NO4/c1-16-7-5-6-10-21(16)25-23(26)15-28-18-11-12-19-20(17-8-3-2-4-9-17)14-24(27)29-22(19)13-18/h2-14H,15H2,1H3,(H,25,26). The summed E-state index contributed by atoms with van der Waals surface area (Å²) in [5.41, 5.74) is 3.41. The van der Waals surface area contributed by atoms with E-state index in [0.717, 1.165) is 27.8 Å². The van der Waals surface area contributed by atoms with Crippen LogP contribution in [0, 0.1) is 6.92 Å². The van der Waals surface area contributed by atoms with E-state index in [9.17, 15) is 9.59 Å². The summed E-state index contributed by atoms with van der Waals surface area (Å²) in [6, 6.07) is 23.9. The Hall–Kier alpha value is -3.86. The molecule has 0 atom stereocenters. The van der Waals surface area contributed by atoms with Crippen LogP contribution in [0.1, 0.15) is 5.56 Å². The lowest BCUT2D eigenvalue weighted by Crippen LogP contribution is -2.20. The molecule has 0 unspecified atom stereocenters. The molecule has 0 aliphatic heterocycles. The van der Waals surface area contributed by atoms with Crippen molar-refractivity contribution in [1.29, 1.82) is 0 Å². The first-order valence-electron chi connectivity index (χ1n) is 9.22. The van der Waals surface area contributed by atoms with Gasteiger partial charge in [0.1, 0.15) is 11.3 Å². The number of carbonyl (C=O) groups is 1. The van der Waals surface area contributed by atoms with Crippen LogP contribution in [0.4, 0.5) is 5.69 Å². The van der Waals surface area contributed by atoms with E-state index in [4.69, 9.17) is 9.15 Å². The van der Waals surface area contributed by atoms with Crippen LogP contribution < -0.4 is 15.7 Å². The molecule has 5 nitrogen and oxygen atoms in total. The Kier molecular flexibility index (Phi) is 5.12. The van der Waals surface area contributed by atoms with Gasteiger partial charge in [0.15, 0.2) is 6.61 Å². The van der Waals surface area contributed by atoms with Crippen LogP contribution in [0.3, 0.4) is 0 Å². The molecule has 1 N–H and O–H groups in total. The van der Waals surface area contributed by atoms with Crippen molar-refractivity contribution in [2.24, 2.45) is 0 Å². The van der Waals surface area contributed by atoms with Crippen LogP contribution in [0.25, 0.3) is 22.1 Å².